The number of carboxylic acid groups (broad SMARTS) is 1. The number of aromatic nitrogens is 1. The number of hydrogen-bond donors (Lipinski definition) is 6. The molecule has 1 heterocycles. The van der Waals surface area contributed by atoms with Crippen LogP contribution in [0.3, 0.4) is 0 Å². The molecule has 2 rings (SSSR count). The molecule has 186 valence electrons. The number of H-pyrrole nitrogens is 1. The molecule has 4 atom stereocenters. The minimum absolute atomic E-state index is 0.0670. The second-order valence-corrected chi connectivity index (χ2v) is 9.13. The number of para-hydroxylation sites is 1. The summed E-state index contributed by atoms with van der Waals surface area (Å²) in [5.41, 5.74) is 1.61. The van der Waals surface area contributed by atoms with Gasteiger partial charge in [0.05, 0.1) is 12.5 Å². The second kappa shape index (κ2) is 13.0. The molecule has 34 heavy (non-hydrogen) atoms. The van der Waals surface area contributed by atoms with Crippen LogP contribution in [0.25, 0.3) is 10.9 Å². The number of benzene rings is 1. The van der Waals surface area contributed by atoms with Gasteiger partial charge in [-0.1, -0.05) is 18.2 Å². The lowest BCUT2D eigenvalue weighted by Gasteiger charge is -2.22. The maximum atomic E-state index is 12.7. The van der Waals surface area contributed by atoms with E-state index in [2.05, 4.69) is 20.9 Å². The van der Waals surface area contributed by atoms with Gasteiger partial charge in [0, 0.05) is 23.5 Å². The van der Waals surface area contributed by atoms with Crippen LogP contribution in [0, 0.1) is 0 Å². The number of carbonyl (C=O) groups is 4. The number of thioether (sulfide) groups is 1. The van der Waals surface area contributed by atoms with Crippen molar-refractivity contribution in [3.05, 3.63) is 36.0 Å². The molecule has 0 aliphatic heterocycles. The molecule has 0 aliphatic rings. The summed E-state index contributed by atoms with van der Waals surface area (Å²) in [6.07, 6.45) is 2.99. The summed E-state index contributed by atoms with van der Waals surface area (Å²) < 4.78 is 0. The predicted octanol–water partition coefficient (Wildman–Crippen LogP) is 0.793. The average molecular weight is 493 g/mol. The maximum absolute atomic E-state index is 12.7. The summed E-state index contributed by atoms with van der Waals surface area (Å²) in [5, 5.41) is 27.5. The second-order valence-electron chi connectivity index (χ2n) is 8.15. The van der Waals surface area contributed by atoms with Crippen LogP contribution in [0.15, 0.2) is 30.5 Å². The monoisotopic (exact) mass is 492 g/mol. The molecule has 0 fully saturated rings. The SMILES string of the molecule is CSCC[C@H](NC(=O)CC(C)O)C(=O)N[C@@H](C)C(=O)N[C@@H](Cc1c[nH]c2ccccc12)C(=O)O. The Hall–Kier alpha value is -3.05. The molecule has 0 spiro atoms. The van der Waals surface area contributed by atoms with E-state index in [1.807, 2.05) is 30.5 Å². The van der Waals surface area contributed by atoms with Gasteiger partial charge in [0.15, 0.2) is 0 Å². The van der Waals surface area contributed by atoms with E-state index >= 15 is 0 Å². The molecule has 0 radical (unpaired) electrons. The van der Waals surface area contributed by atoms with Gasteiger partial charge in [-0.05, 0) is 43.9 Å². The Balaban J connectivity index is 2.01. The van der Waals surface area contributed by atoms with Crippen LogP contribution in [-0.2, 0) is 25.6 Å². The third kappa shape index (κ3) is 8.07. The van der Waals surface area contributed by atoms with E-state index in [9.17, 15) is 29.4 Å². The summed E-state index contributed by atoms with van der Waals surface area (Å²) in [4.78, 5) is 52.3. The number of carboxylic acids is 1. The van der Waals surface area contributed by atoms with Crippen molar-refractivity contribution in [1.29, 1.82) is 0 Å². The van der Waals surface area contributed by atoms with Crippen molar-refractivity contribution in [3.8, 4) is 0 Å². The number of aliphatic carboxylic acids is 1. The van der Waals surface area contributed by atoms with Gasteiger partial charge in [0.2, 0.25) is 17.7 Å². The fraction of sp³-hybridized carbons (Fsp3) is 0.478. The van der Waals surface area contributed by atoms with E-state index < -0.39 is 47.9 Å². The number of aromatic amines is 1. The van der Waals surface area contributed by atoms with Crippen molar-refractivity contribution in [2.75, 3.05) is 12.0 Å². The number of nitrogens with one attached hydrogen (secondary N) is 4. The lowest BCUT2D eigenvalue weighted by Crippen LogP contribution is -2.55. The van der Waals surface area contributed by atoms with E-state index in [-0.39, 0.29) is 12.8 Å². The van der Waals surface area contributed by atoms with Gasteiger partial charge in [0.25, 0.3) is 0 Å². The number of hydrogen-bond acceptors (Lipinski definition) is 6. The molecule has 10 nitrogen and oxygen atoms in total. The van der Waals surface area contributed by atoms with Crippen LogP contribution in [0.1, 0.15) is 32.3 Å². The fourth-order valence-electron chi connectivity index (χ4n) is 3.42. The summed E-state index contributed by atoms with van der Waals surface area (Å²) in [7, 11) is 0. The van der Waals surface area contributed by atoms with Crippen LogP contribution in [0.2, 0.25) is 0 Å². The molecule has 1 aromatic carbocycles. The Morgan fingerprint density at radius 1 is 1.03 bits per heavy atom. The highest BCUT2D eigenvalue weighted by molar-refractivity contribution is 7.98. The van der Waals surface area contributed by atoms with E-state index in [4.69, 9.17) is 0 Å². The Labute approximate surface area is 202 Å². The van der Waals surface area contributed by atoms with Gasteiger partial charge in [-0.25, -0.2) is 4.79 Å². The Bertz CT molecular complexity index is 1010. The molecule has 6 N–H and O–H groups in total. The zero-order valence-corrected chi connectivity index (χ0v) is 20.3. The zero-order valence-electron chi connectivity index (χ0n) is 19.5. The first-order chi connectivity index (χ1) is 16.1. The lowest BCUT2D eigenvalue weighted by molar-refractivity contribution is -0.142. The topological polar surface area (TPSA) is 161 Å². The molecular weight excluding hydrogens is 460 g/mol. The molecule has 1 aromatic heterocycles. The molecule has 11 heteroatoms. The van der Waals surface area contributed by atoms with Crippen LogP contribution in [-0.4, -0.2) is 75.1 Å². The summed E-state index contributed by atoms with van der Waals surface area (Å²) in [5.74, 6) is -2.28. The minimum Gasteiger partial charge on any atom is -0.480 e. The molecule has 1 unspecified atom stereocenters. The number of rotatable bonds is 13. The molecule has 0 aliphatic carbocycles. The van der Waals surface area contributed by atoms with E-state index in [1.165, 1.54) is 25.6 Å². The first-order valence-electron chi connectivity index (χ1n) is 11.0. The van der Waals surface area contributed by atoms with Crippen molar-refractivity contribution in [3.63, 3.8) is 0 Å². The number of amides is 3. The van der Waals surface area contributed by atoms with Crippen molar-refractivity contribution in [2.24, 2.45) is 0 Å². The molecule has 0 saturated heterocycles. The quantitative estimate of drug-likeness (QED) is 0.241. The third-order valence-electron chi connectivity index (χ3n) is 5.21. The summed E-state index contributed by atoms with van der Waals surface area (Å²) >= 11 is 1.50. The molecule has 0 bridgehead atoms. The largest absolute Gasteiger partial charge is 0.480 e. The highest BCUT2D eigenvalue weighted by atomic mass is 32.2. The number of aliphatic hydroxyl groups is 1. The van der Waals surface area contributed by atoms with E-state index in [0.717, 1.165) is 16.5 Å². The number of carbonyl (C=O) groups excluding carboxylic acids is 3. The van der Waals surface area contributed by atoms with Gasteiger partial charge < -0.3 is 31.1 Å². The third-order valence-corrected chi connectivity index (χ3v) is 5.85. The Morgan fingerprint density at radius 2 is 1.74 bits per heavy atom. The first kappa shape index (κ1) is 27.2. The van der Waals surface area contributed by atoms with E-state index in [0.29, 0.717) is 12.2 Å². The number of fused-ring (bicyclic) bond motifs is 1. The molecular formula is C23H32N4O6S. The Kier molecular flexibility index (Phi) is 10.4. The maximum Gasteiger partial charge on any atom is 0.326 e. The van der Waals surface area contributed by atoms with Gasteiger partial charge >= 0.3 is 5.97 Å². The minimum atomic E-state index is -1.19. The van der Waals surface area contributed by atoms with Crippen molar-refractivity contribution in [1.82, 2.24) is 20.9 Å². The Morgan fingerprint density at radius 3 is 2.38 bits per heavy atom. The summed E-state index contributed by atoms with van der Waals surface area (Å²) in [6.45, 7) is 2.92. The van der Waals surface area contributed by atoms with Gasteiger partial charge in [-0.2, -0.15) is 11.8 Å². The van der Waals surface area contributed by atoms with Crippen LogP contribution >= 0.6 is 11.8 Å². The first-order valence-corrected chi connectivity index (χ1v) is 12.4. The van der Waals surface area contributed by atoms with Gasteiger partial charge in [-0.15, -0.1) is 0 Å². The zero-order chi connectivity index (χ0) is 25.3. The van der Waals surface area contributed by atoms with Gasteiger partial charge in [-0.3, -0.25) is 14.4 Å². The number of aliphatic hydroxyl groups excluding tert-OH is 1. The highest BCUT2D eigenvalue weighted by Gasteiger charge is 2.28. The highest BCUT2D eigenvalue weighted by Crippen LogP contribution is 2.19. The predicted molar refractivity (Wildman–Crippen MR) is 130 cm³/mol. The van der Waals surface area contributed by atoms with Crippen LogP contribution in [0.5, 0.6) is 0 Å². The average Bonchev–Trinajstić information content (AvgIpc) is 3.18. The van der Waals surface area contributed by atoms with Crippen LogP contribution in [0.4, 0.5) is 0 Å². The summed E-state index contributed by atoms with van der Waals surface area (Å²) in [6, 6.07) is 4.35. The standard InChI is InChI=1S/C23H32N4O6S/c1-13(28)10-20(29)26-18(8-9-34-3)22(31)25-14(2)21(30)27-19(23(32)33)11-15-12-24-17-7-5-4-6-16(15)17/h4-7,12-14,18-19,24,28H,8-11H2,1-3H3,(H,25,31)(H,26,29)(H,27,30)(H,32,33)/t13?,14-,18-,19-/m0/s1. The van der Waals surface area contributed by atoms with Gasteiger partial charge in [0.1, 0.15) is 18.1 Å². The van der Waals surface area contributed by atoms with Crippen molar-refractivity contribution < 1.29 is 29.4 Å². The van der Waals surface area contributed by atoms with E-state index in [1.54, 1.807) is 6.20 Å². The normalized spacial score (nSPS) is 14.6. The molecule has 2 aromatic rings. The smallest absolute Gasteiger partial charge is 0.326 e. The van der Waals surface area contributed by atoms with Crippen molar-refractivity contribution in [2.45, 2.75) is 57.3 Å². The lowest BCUT2D eigenvalue weighted by atomic mass is 10.0. The molecule has 0 saturated carbocycles. The van der Waals surface area contributed by atoms with Crippen LogP contribution < -0.4 is 16.0 Å². The van der Waals surface area contributed by atoms with Crippen molar-refractivity contribution >= 4 is 46.4 Å². The molecule has 3 amide bonds. The fourth-order valence-corrected chi connectivity index (χ4v) is 3.89.